The SMILES string of the molecule is COc1ccc(CNC(=O)NCCCn2ccnc2)cc1. The molecular formula is C15H20N4O2. The number of hydrogen-bond acceptors (Lipinski definition) is 3. The van der Waals surface area contributed by atoms with E-state index in [4.69, 9.17) is 4.74 Å². The molecule has 2 aromatic rings. The van der Waals surface area contributed by atoms with Crippen molar-refractivity contribution in [3.63, 3.8) is 0 Å². The average molecular weight is 288 g/mol. The summed E-state index contributed by atoms with van der Waals surface area (Å²) < 4.78 is 7.07. The monoisotopic (exact) mass is 288 g/mol. The van der Waals surface area contributed by atoms with Crippen LogP contribution in [0.5, 0.6) is 5.75 Å². The van der Waals surface area contributed by atoms with Crippen molar-refractivity contribution in [1.29, 1.82) is 0 Å². The van der Waals surface area contributed by atoms with Gasteiger partial charge in [-0.15, -0.1) is 0 Å². The molecule has 112 valence electrons. The van der Waals surface area contributed by atoms with Crippen LogP contribution in [0.15, 0.2) is 43.0 Å². The van der Waals surface area contributed by atoms with E-state index in [0.29, 0.717) is 13.1 Å². The highest BCUT2D eigenvalue weighted by Gasteiger charge is 2.00. The van der Waals surface area contributed by atoms with E-state index >= 15 is 0 Å². The van der Waals surface area contributed by atoms with E-state index in [1.807, 2.05) is 35.0 Å². The van der Waals surface area contributed by atoms with Crippen molar-refractivity contribution >= 4 is 6.03 Å². The van der Waals surface area contributed by atoms with Gasteiger partial charge in [-0.1, -0.05) is 12.1 Å². The molecule has 0 fully saturated rings. The van der Waals surface area contributed by atoms with Crippen molar-refractivity contribution in [3.05, 3.63) is 48.5 Å². The highest BCUT2D eigenvalue weighted by molar-refractivity contribution is 5.73. The van der Waals surface area contributed by atoms with Crippen LogP contribution in [0.1, 0.15) is 12.0 Å². The summed E-state index contributed by atoms with van der Waals surface area (Å²) in [6.45, 7) is 1.97. The average Bonchev–Trinajstić information content (AvgIpc) is 3.03. The Morgan fingerprint density at radius 1 is 1.29 bits per heavy atom. The standard InChI is InChI=1S/C15H20N4O2/c1-21-14-5-3-13(4-6-14)11-18-15(20)17-7-2-9-19-10-8-16-12-19/h3-6,8,10,12H,2,7,9,11H2,1H3,(H2,17,18,20). The minimum Gasteiger partial charge on any atom is -0.497 e. The number of nitrogens with zero attached hydrogens (tertiary/aromatic N) is 2. The summed E-state index contributed by atoms with van der Waals surface area (Å²) in [4.78, 5) is 15.6. The number of hydrogen-bond donors (Lipinski definition) is 2. The predicted molar refractivity (Wildman–Crippen MR) is 80.1 cm³/mol. The van der Waals surface area contributed by atoms with Crippen LogP contribution in [0.2, 0.25) is 0 Å². The Morgan fingerprint density at radius 3 is 2.76 bits per heavy atom. The van der Waals surface area contributed by atoms with Crippen LogP contribution in [-0.2, 0) is 13.1 Å². The van der Waals surface area contributed by atoms with Gasteiger partial charge in [0.1, 0.15) is 5.75 Å². The number of nitrogens with one attached hydrogen (secondary N) is 2. The number of methoxy groups -OCH3 is 1. The van der Waals surface area contributed by atoms with Gasteiger partial charge < -0.3 is 19.9 Å². The van der Waals surface area contributed by atoms with Gasteiger partial charge in [0.05, 0.1) is 13.4 Å². The number of carbonyl (C=O) groups is 1. The first-order valence-electron chi connectivity index (χ1n) is 6.88. The second-order valence-corrected chi connectivity index (χ2v) is 4.61. The third-order valence-electron chi connectivity index (χ3n) is 3.05. The molecule has 0 radical (unpaired) electrons. The van der Waals surface area contributed by atoms with Crippen LogP contribution in [0.4, 0.5) is 4.79 Å². The van der Waals surface area contributed by atoms with Gasteiger partial charge in [0.15, 0.2) is 0 Å². The Bertz CT molecular complexity index is 537. The Kier molecular flexibility index (Phi) is 5.63. The maximum absolute atomic E-state index is 11.6. The number of benzene rings is 1. The molecule has 0 aliphatic rings. The second-order valence-electron chi connectivity index (χ2n) is 4.61. The molecule has 0 unspecified atom stereocenters. The van der Waals surface area contributed by atoms with E-state index in [1.165, 1.54) is 0 Å². The third kappa shape index (κ3) is 5.18. The van der Waals surface area contributed by atoms with E-state index in [2.05, 4.69) is 15.6 Å². The first-order valence-corrected chi connectivity index (χ1v) is 6.88. The lowest BCUT2D eigenvalue weighted by atomic mass is 10.2. The number of carbonyl (C=O) groups excluding carboxylic acids is 1. The van der Waals surface area contributed by atoms with Gasteiger partial charge in [0, 0.05) is 32.0 Å². The molecule has 6 heteroatoms. The van der Waals surface area contributed by atoms with Crippen LogP contribution in [0, 0.1) is 0 Å². The lowest BCUT2D eigenvalue weighted by Crippen LogP contribution is -2.35. The molecule has 2 amide bonds. The van der Waals surface area contributed by atoms with Gasteiger partial charge in [-0.3, -0.25) is 0 Å². The number of aromatic nitrogens is 2. The van der Waals surface area contributed by atoms with E-state index in [9.17, 15) is 4.79 Å². The fourth-order valence-corrected chi connectivity index (χ4v) is 1.87. The first kappa shape index (κ1) is 14.9. The van der Waals surface area contributed by atoms with Gasteiger partial charge in [-0.2, -0.15) is 0 Å². The summed E-state index contributed by atoms with van der Waals surface area (Å²) in [5.74, 6) is 0.808. The lowest BCUT2D eigenvalue weighted by molar-refractivity contribution is 0.240. The molecule has 1 aromatic heterocycles. The Balaban J connectivity index is 1.60. The Morgan fingerprint density at radius 2 is 2.10 bits per heavy atom. The fraction of sp³-hybridized carbons (Fsp3) is 0.333. The van der Waals surface area contributed by atoms with E-state index < -0.39 is 0 Å². The summed E-state index contributed by atoms with van der Waals surface area (Å²) in [5, 5.41) is 5.65. The van der Waals surface area contributed by atoms with Crippen LogP contribution >= 0.6 is 0 Å². The number of aryl methyl sites for hydroxylation is 1. The van der Waals surface area contributed by atoms with Gasteiger partial charge >= 0.3 is 6.03 Å². The van der Waals surface area contributed by atoms with Crippen molar-refractivity contribution in [2.45, 2.75) is 19.5 Å². The molecule has 0 aliphatic carbocycles. The number of amides is 2. The minimum atomic E-state index is -0.156. The van der Waals surface area contributed by atoms with Crippen LogP contribution in [-0.4, -0.2) is 29.2 Å². The summed E-state index contributed by atoms with van der Waals surface area (Å²) in [5.41, 5.74) is 1.03. The largest absolute Gasteiger partial charge is 0.497 e. The molecular weight excluding hydrogens is 268 g/mol. The summed E-state index contributed by atoms with van der Waals surface area (Å²) >= 11 is 0. The molecule has 6 nitrogen and oxygen atoms in total. The fourth-order valence-electron chi connectivity index (χ4n) is 1.87. The minimum absolute atomic E-state index is 0.156. The van der Waals surface area contributed by atoms with Gasteiger partial charge in [0.25, 0.3) is 0 Å². The van der Waals surface area contributed by atoms with Crippen molar-refractivity contribution < 1.29 is 9.53 Å². The van der Waals surface area contributed by atoms with Gasteiger partial charge in [0.2, 0.25) is 0 Å². The zero-order chi connectivity index (χ0) is 14.9. The molecule has 1 aromatic carbocycles. The van der Waals surface area contributed by atoms with E-state index in [0.717, 1.165) is 24.3 Å². The van der Waals surface area contributed by atoms with E-state index in [1.54, 1.807) is 19.6 Å². The Labute approximate surface area is 124 Å². The van der Waals surface area contributed by atoms with Gasteiger partial charge in [-0.05, 0) is 24.1 Å². The number of imidazole rings is 1. The van der Waals surface area contributed by atoms with Crippen LogP contribution in [0.25, 0.3) is 0 Å². The Hall–Kier alpha value is -2.50. The van der Waals surface area contributed by atoms with Crippen LogP contribution in [0.3, 0.4) is 0 Å². The van der Waals surface area contributed by atoms with Crippen molar-refractivity contribution in [2.75, 3.05) is 13.7 Å². The molecule has 0 saturated heterocycles. The number of rotatable bonds is 7. The topological polar surface area (TPSA) is 68.2 Å². The molecule has 0 spiro atoms. The summed E-state index contributed by atoms with van der Waals surface area (Å²) in [6, 6.07) is 7.45. The van der Waals surface area contributed by atoms with Crippen molar-refractivity contribution in [1.82, 2.24) is 20.2 Å². The molecule has 0 aliphatic heterocycles. The third-order valence-corrected chi connectivity index (χ3v) is 3.05. The normalized spacial score (nSPS) is 10.1. The maximum atomic E-state index is 11.6. The van der Waals surface area contributed by atoms with Gasteiger partial charge in [-0.25, -0.2) is 9.78 Å². The van der Waals surface area contributed by atoms with E-state index in [-0.39, 0.29) is 6.03 Å². The first-order chi connectivity index (χ1) is 10.3. The highest BCUT2D eigenvalue weighted by Crippen LogP contribution is 2.10. The zero-order valence-corrected chi connectivity index (χ0v) is 12.1. The second kappa shape index (κ2) is 7.94. The number of ether oxygens (including phenoxy) is 1. The molecule has 0 saturated carbocycles. The molecule has 21 heavy (non-hydrogen) atoms. The smallest absolute Gasteiger partial charge is 0.315 e. The van der Waals surface area contributed by atoms with Crippen molar-refractivity contribution in [2.24, 2.45) is 0 Å². The molecule has 2 N–H and O–H groups in total. The molecule has 0 bridgehead atoms. The summed E-state index contributed by atoms with van der Waals surface area (Å²) in [7, 11) is 1.63. The quantitative estimate of drug-likeness (QED) is 0.763. The van der Waals surface area contributed by atoms with Crippen LogP contribution < -0.4 is 15.4 Å². The predicted octanol–water partition coefficient (Wildman–Crippen LogP) is 1.78. The highest BCUT2D eigenvalue weighted by atomic mass is 16.5. The zero-order valence-electron chi connectivity index (χ0n) is 12.1. The lowest BCUT2D eigenvalue weighted by Gasteiger charge is -2.08. The number of urea groups is 1. The molecule has 0 atom stereocenters. The molecule has 2 rings (SSSR count). The molecule has 1 heterocycles. The van der Waals surface area contributed by atoms with Crippen molar-refractivity contribution in [3.8, 4) is 5.75 Å². The maximum Gasteiger partial charge on any atom is 0.315 e. The summed E-state index contributed by atoms with van der Waals surface area (Å²) in [6.07, 6.45) is 6.29.